The molecule has 0 heterocycles. The van der Waals surface area contributed by atoms with Crippen LogP contribution in [0.4, 0.5) is 0 Å². The molecule has 2 aromatic rings. The van der Waals surface area contributed by atoms with Crippen molar-refractivity contribution in [2.24, 2.45) is 0 Å². The van der Waals surface area contributed by atoms with E-state index in [0.717, 1.165) is 23.2 Å². The fraction of sp³-hybridized carbons (Fsp3) is 0.333. The van der Waals surface area contributed by atoms with E-state index in [1.165, 1.54) is 16.7 Å². The Balaban J connectivity index is 2.01. The molecule has 1 unspecified atom stereocenters. The van der Waals surface area contributed by atoms with Crippen LogP contribution in [0.1, 0.15) is 36.6 Å². The van der Waals surface area contributed by atoms with Gasteiger partial charge < -0.3 is 10.1 Å². The van der Waals surface area contributed by atoms with Gasteiger partial charge in [0.25, 0.3) is 0 Å². The van der Waals surface area contributed by atoms with Gasteiger partial charge in [0.05, 0.1) is 7.11 Å². The van der Waals surface area contributed by atoms with E-state index in [-0.39, 0.29) is 0 Å². The van der Waals surface area contributed by atoms with E-state index >= 15 is 0 Å². The standard InChI is InChI=1S/C18H22BrNO/c1-4-14-5-7-15(8-6-14)13(2)20-12-16-11-17(21-3)9-10-18(16)19/h5-11,13,20H,4,12H2,1-3H3. The number of methoxy groups -OCH3 is 1. The third kappa shape index (κ3) is 4.32. The molecule has 112 valence electrons. The van der Waals surface area contributed by atoms with Crippen molar-refractivity contribution in [1.82, 2.24) is 5.32 Å². The summed E-state index contributed by atoms with van der Waals surface area (Å²) in [5.74, 6) is 0.884. The first-order valence-corrected chi connectivity index (χ1v) is 8.08. The van der Waals surface area contributed by atoms with Crippen LogP contribution < -0.4 is 10.1 Å². The first-order valence-electron chi connectivity index (χ1n) is 7.28. The largest absolute Gasteiger partial charge is 0.497 e. The molecule has 0 aromatic heterocycles. The van der Waals surface area contributed by atoms with Crippen LogP contribution in [-0.4, -0.2) is 7.11 Å². The van der Waals surface area contributed by atoms with Gasteiger partial charge in [-0.3, -0.25) is 0 Å². The Morgan fingerprint density at radius 3 is 2.48 bits per heavy atom. The number of nitrogens with one attached hydrogen (secondary N) is 1. The van der Waals surface area contributed by atoms with Crippen LogP contribution in [0, 0.1) is 0 Å². The van der Waals surface area contributed by atoms with Gasteiger partial charge in [-0.05, 0) is 48.2 Å². The highest BCUT2D eigenvalue weighted by Gasteiger charge is 2.07. The fourth-order valence-corrected chi connectivity index (χ4v) is 2.62. The Hall–Kier alpha value is -1.32. The molecule has 0 aliphatic rings. The highest BCUT2D eigenvalue weighted by molar-refractivity contribution is 9.10. The van der Waals surface area contributed by atoms with E-state index < -0.39 is 0 Å². The molecule has 0 saturated carbocycles. The molecule has 3 heteroatoms. The summed E-state index contributed by atoms with van der Waals surface area (Å²) >= 11 is 3.59. The van der Waals surface area contributed by atoms with E-state index in [1.807, 2.05) is 12.1 Å². The van der Waals surface area contributed by atoms with Crippen molar-refractivity contribution in [2.75, 3.05) is 7.11 Å². The summed E-state index contributed by atoms with van der Waals surface area (Å²) < 4.78 is 6.38. The molecule has 0 aliphatic heterocycles. The lowest BCUT2D eigenvalue weighted by Crippen LogP contribution is -2.18. The minimum atomic E-state index is 0.314. The van der Waals surface area contributed by atoms with Crippen molar-refractivity contribution >= 4 is 15.9 Å². The summed E-state index contributed by atoms with van der Waals surface area (Å²) in [5, 5.41) is 3.56. The van der Waals surface area contributed by atoms with Crippen molar-refractivity contribution in [3.05, 3.63) is 63.6 Å². The van der Waals surface area contributed by atoms with Gasteiger partial charge in [0, 0.05) is 17.1 Å². The van der Waals surface area contributed by atoms with Crippen molar-refractivity contribution in [1.29, 1.82) is 0 Å². The predicted octanol–water partition coefficient (Wildman–Crippen LogP) is 4.87. The van der Waals surface area contributed by atoms with Crippen LogP contribution in [0.3, 0.4) is 0 Å². The minimum absolute atomic E-state index is 0.314. The Morgan fingerprint density at radius 1 is 1.14 bits per heavy atom. The Labute approximate surface area is 135 Å². The lowest BCUT2D eigenvalue weighted by Gasteiger charge is -2.16. The number of halogens is 1. The molecule has 2 rings (SSSR count). The zero-order valence-electron chi connectivity index (χ0n) is 12.8. The van der Waals surface area contributed by atoms with Crippen molar-refractivity contribution < 1.29 is 4.74 Å². The fourth-order valence-electron chi connectivity index (χ4n) is 2.24. The summed E-state index contributed by atoms with van der Waals surface area (Å²) in [7, 11) is 1.69. The molecule has 0 saturated heterocycles. The number of rotatable bonds is 6. The molecule has 0 bridgehead atoms. The van der Waals surface area contributed by atoms with Gasteiger partial charge in [-0.1, -0.05) is 47.1 Å². The molecule has 0 radical (unpaired) electrons. The molecule has 2 aromatic carbocycles. The molecular weight excluding hydrogens is 326 g/mol. The van der Waals surface area contributed by atoms with Gasteiger partial charge in [-0.15, -0.1) is 0 Å². The first-order chi connectivity index (χ1) is 10.1. The SMILES string of the molecule is CCc1ccc(C(C)NCc2cc(OC)ccc2Br)cc1. The third-order valence-corrected chi connectivity index (χ3v) is 4.51. The van der Waals surface area contributed by atoms with Crippen molar-refractivity contribution in [3.63, 3.8) is 0 Å². The number of hydrogen-bond donors (Lipinski definition) is 1. The quantitative estimate of drug-likeness (QED) is 0.804. The van der Waals surface area contributed by atoms with Gasteiger partial charge in [-0.25, -0.2) is 0 Å². The highest BCUT2D eigenvalue weighted by Crippen LogP contribution is 2.23. The van der Waals surface area contributed by atoms with Gasteiger partial charge >= 0.3 is 0 Å². The molecule has 0 fully saturated rings. The molecule has 1 N–H and O–H groups in total. The van der Waals surface area contributed by atoms with Crippen molar-refractivity contribution in [2.45, 2.75) is 32.9 Å². The lowest BCUT2D eigenvalue weighted by molar-refractivity contribution is 0.413. The van der Waals surface area contributed by atoms with Gasteiger partial charge in [0.1, 0.15) is 5.75 Å². The normalized spacial score (nSPS) is 12.2. The summed E-state index contributed by atoms with van der Waals surface area (Å²) in [6.07, 6.45) is 1.08. The van der Waals surface area contributed by atoms with Gasteiger partial charge in [0.2, 0.25) is 0 Å². The number of ether oxygens (including phenoxy) is 1. The summed E-state index contributed by atoms with van der Waals surface area (Å²) in [6, 6.07) is 15.2. The van der Waals surface area contributed by atoms with E-state index in [2.05, 4.69) is 65.4 Å². The monoisotopic (exact) mass is 347 g/mol. The Morgan fingerprint density at radius 2 is 1.86 bits per heavy atom. The molecule has 2 nitrogen and oxygen atoms in total. The second-order valence-corrected chi connectivity index (χ2v) is 6.01. The average molecular weight is 348 g/mol. The maximum absolute atomic E-state index is 5.28. The zero-order chi connectivity index (χ0) is 15.2. The molecule has 21 heavy (non-hydrogen) atoms. The smallest absolute Gasteiger partial charge is 0.119 e. The highest BCUT2D eigenvalue weighted by atomic mass is 79.9. The lowest BCUT2D eigenvalue weighted by atomic mass is 10.0. The number of hydrogen-bond acceptors (Lipinski definition) is 2. The molecule has 0 spiro atoms. The second-order valence-electron chi connectivity index (χ2n) is 5.16. The Kier molecular flexibility index (Phi) is 5.83. The maximum atomic E-state index is 5.28. The third-order valence-electron chi connectivity index (χ3n) is 3.74. The second kappa shape index (κ2) is 7.62. The number of benzene rings is 2. The van der Waals surface area contributed by atoms with E-state index in [9.17, 15) is 0 Å². The molecule has 0 aliphatic carbocycles. The van der Waals surface area contributed by atoms with Crippen molar-refractivity contribution in [3.8, 4) is 5.75 Å². The van der Waals surface area contributed by atoms with E-state index in [0.29, 0.717) is 6.04 Å². The summed E-state index contributed by atoms with van der Waals surface area (Å²) in [6.45, 7) is 5.17. The van der Waals surface area contributed by atoms with Crippen LogP contribution in [0.25, 0.3) is 0 Å². The minimum Gasteiger partial charge on any atom is -0.497 e. The van der Waals surface area contributed by atoms with E-state index in [4.69, 9.17) is 4.74 Å². The Bertz CT molecular complexity index is 580. The van der Waals surface area contributed by atoms with Gasteiger partial charge in [-0.2, -0.15) is 0 Å². The van der Waals surface area contributed by atoms with Gasteiger partial charge in [0.15, 0.2) is 0 Å². The van der Waals surface area contributed by atoms with Crippen LogP contribution in [0.2, 0.25) is 0 Å². The van der Waals surface area contributed by atoms with Crippen LogP contribution in [-0.2, 0) is 13.0 Å². The molecular formula is C18H22BrNO. The average Bonchev–Trinajstić information content (AvgIpc) is 2.54. The number of aryl methyl sites for hydroxylation is 1. The first kappa shape index (κ1) is 16.1. The predicted molar refractivity (Wildman–Crippen MR) is 91.8 cm³/mol. The summed E-state index contributed by atoms with van der Waals surface area (Å²) in [5.41, 5.74) is 3.89. The van der Waals surface area contributed by atoms with E-state index in [1.54, 1.807) is 7.11 Å². The van der Waals surface area contributed by atoms with Crippen LogP contribution >= 0.6 is 15.9 Å². The summed E-state index contributed by atoms with van der Waals surface area (Å²) in [4.78, 5) is 0. The molecule has 1 atom stereocenters. The van der Waals surface area contributed by atoms with Crippen LogP contribution in [0.5, 0.6) is 5.75 Å². The zero-order valence-corrected chi connectivity index (χ0v) is 14.4. The molecule has 0 amide bonds. The van der Waals surface area contributed by atoms with Crippen LogP contribution in [0.15, 0.2) is 46.9 Å². The topological polar surface area (TPSA) is 21.3 Å². The maximum Gasteiger partial charge on any atom is 0.119 e.